The van der Waals surface area contributed by atoms with E-state index < -0.39 is 6.17 Å². The van der Waals surface area contributed by atoms with Gasteiger partial charge in [0.15, 0.2) is 0 Å². The van der Waals surface area contributed by atoms with Crippen LogP contribution in [0, 0.1) is 0 Å². The van der Waals surface area contributed by atoms with Crippen molar-refractivity contribution < 1.29 is 9.18 Å². The van der Waals surface area contributed by atoms with Gasteiger partial charge in [-0.05, 0) is 17.9 Å². The molecule has 0 bridgehead atoms. The van der Waals surface area contributed by atoms with Crippen LogP contribution < -0.4 is 10.6 Å². The molecule has 2 N–H and O–H groups in total. The summed E-state index contributed by atoms with van der Waals surface area (Å²) in [5.41, 5.74) is 0. The van der Waals surface area contributed by atoms with E-state index in [0.717, 1.165) is 6.54 Å². The van der Waals surface area contributed by atoms with Crippen LogP contribution in [0.15, 0.2) is 36.2 Å². The number of urea groups is 1. The highest BCUT2D eigenvalue weighted by molar-refractivity contribution is 7.09. The van der Waals surface area contributed by atoms with E-state index >= 15 is 0 Å². The third-order valence-corrected chi connectivity index (χ3v) is 4.99. The Morgan fingerprint density at radius 2 is 2.38 bits per heavy atom. The molecule has 2 atom stereocenters. The first-order chi connectivity index (χ1) is 11.7. The number of carbonyl (C=O) groups excluding carboxylic acids is 1. The molecule has 3 heterocycles. The van der Waals surface area contributed by atoms with E-state index in [1.807, 2.05) is 22.2 Å². The number of nitrogens with zero attached hydrogens (tertiary/aromatic N) is 3. The Balaban J connectivity index is 1.39. The van der Waals surface area contributed by atoms with Gasteiger partial charge >= 0.3 is 6.03 Å². The van der Waals surface area contributed by atoms with E-state index in [1.54, 1.807) is 23.9 Å². The number of aromatic nitrogens is 2. The predicted molar refractivity (Wildman–Crippen MR) is 91.7 cm³/mol. The lowest BCUT2D eigenvalue weighted by Crippen LogP contribution is -2.44. The second-order valence-electron chi connectivity index (χ2n) is 5.93. The van der Waals surface area contributed by atoms with Gasteiger partial charge in [0.25, 0.3) is 0 Å². The van der Waals surface area contributed by atoms with E-state index in [1.165, 1.54) is 4.88 Å². The van der Waals surface area contributed by atoms with Gasteiger partial charge in [-0.3, -0.25) is 4.90 Å². The van der Waals surface area contributed by atoms with E-state index in [0.29, 0.717) is 32.6 Å². The van der Waals surface area contributed by atoms with Crippen LogP contribution >= 0.6 is 11.3 Å². The van der Waals surface area contributed by atoms with Crippen molar-refractivity contribution in [2.45, 2.75) is 31.7 Å². The van der Waals surface area contributed by atoms with Crippen molar-refractivity contribution in [1.82, 2.24) is 25.1 Å². The summed E-state index contributed by atoms with van der Waals surface area (Å²) < 4.78 is 15.7. The summed E-state index contributed by atoms with van der Waals surface area (Å²) in [6, 6.07) is 3.89. The molecule has 1 aliphatic heterocycles. The molecule has 6 nitrogen and oxygen atoms in total. The molecule has 1 fully saturated rings. The Bertz CT molecular complexity index is 618. The Labute approximate surface area is 144 Å². The van der Waals surface area contributed by atoms with Crippen LogP contribution in [0.25, 0.3) is 0 Å². The molecule has 0 aliphatic carbocycles. The van der Waals surface area contributed by atoms with Crippen molar-refractivity contribution in [1.29, 1.82) is 0 Å². The highest BCUT2D eigenvalue weighted by Crippen LogP contribution is 2.23. The summed E-state index contributed by atoms with van der Waals surface area (Å²) >= 11 is 1.68. The standard InChI is InChI=1S/C16H22FN5OS/c17-13-8-14(22(10-13)11-15-2-1-7-24-15)9-20-16(23)19-4-6-21-5-3-18-12-21/h1-3,5,7,12-14H,4,6,8-11H2,(H2,19,20,23)/t13-,14-/m0/s1. The lowest BCUT2D eigenvalue weighted by Gasteiger charge is -2.23. The topological polar surface area (TPSA) is 62.2 Å². The summed E-state index contributed by atoms with van der Waals surface area (Å²) in [5, 5.41) is 7.69. The molecule has 0 unspecified atom stereocenters. The van der Waals surface area contributed by atoms with Gasteiger partial charge in [-0.15, -0.1) is 11.3 Å². The quantitative estimate of drug-likeness (QED) is 0.800. The van der Waals surface area contributed by atoms with Crippen molar-refractivity contribution in [3.63, 3.8) is 0 Å². The lowest BCUT2D eigenvalue weighted by molar-refractivity contribution is 0.220. The molecular weight excluding hydrogens is 329 g/mol. The first kappa shape index (κ1) is 16.9. The average molecular weight is 351 g/mol. The number of hydrogen-bond donors (Lipinski definition) is 2. The molecule has 2 aromatic rings. The Morgan fingerprint density at radius 3 is 3.12 bits per heavy atom. The molecule has 3 rings (SSSR count). The monoisotopic (exact) mass is 351 g/mol. The minimum atomic E-state index is -0.818. The van der Waals surface area contributed by atoms with Crippen molar-refractivity contribution in [2.75, 3.05) is 19.6 Å². The highest BCUT2D eigenvalue weighted by atomic mass is 32.1. The number of thiophene rings is 1. The normalized spacial score (nSPS) is 21.0. The van der Waals surface area contributed by atoms with Gasteiger partial charge < -0.3 is 15.2 Å². The van der Waals surface area contributed by atoms with Crippen LogP contribution in [-0.4, -0.2) is 52.3 Å². The summed E-state index contributed by atoms with van der Waals surface area (Å²) in [6.07, 6.45) is 4.92. The third kappa shape index (κ3) is 4.78. The van der Waals surface area contributed by atoms with Crippen molar-refractivity contribution in [3.05, 3.63) is 41.1 Å². The van der Waals surface area contributed by atoms with Crippen LogP contribution in [0.1, 0.15) is 11.3 Å². The van der Waals surface area contributed by atoms with Gasteiger partial charge in [-0.1, -0.05) is 6.07 Å². The summed E-state index contributed by atoms with van der Waals surface area (Å²) in [4.78, 5) is 19.2. The predicted octanol–water partition coefficient (Wildman–Crippen LogP) is 1.86. The highest BCUT2D eigenvalue weighted by Gasteiger charge is 2.32. The molecule has 130 valence electrons. The molecule has 0 radical (unpaired) electrons. The van der Waals surface area contributed by atoms with Crippen molar-refractivity contribution in [3.8, 4) is 0 Å². The minimum Gasteiger partial charge on any atom is -0.337 e. The zero-order valence-corrected chi connectivity index (χ0v) is 14.2. The molecule has 0 saturated carbocycles. The Morgan fingerprint density at radius 1 is 1.46 bits per heavy atom. The fourth-order valence-electron chi connectivity index (χ4n) is 2.92. The number of halogens is 1. The smallest absolute Gasteiger partial charge is 0.314 e. The van der Waals surface area contributed by atoms with Gasteiger partial charge in [0, 0.05) is 56.0 Å². The molecule has 0 aromatic carbocycles. The molecule has 8 heteroatoms. The van der Waals surface area contributed by atoms with Gasteiger partial charge in [-0.25, -0.2) is 14.2 Å². The van der Waals surface area contributed by atoms with E-state index in [9.17, 15) is 9.18 Å². The van der Waals surface area contributed by atoms with Crippen molar-refractivity contribution in [2.24, 2.45) is 0 Å². The zero-order valence-electron chi connectivity index (χ0n) is 13.4. The van der Waals surface area contributed by atoms with Crippen LogP contribution in [0.5, 0.6) is 0 Å². The summed E-state index contributed by atoms with van der Waals surface area (Å²) in [6.45, 7) is 2.84. The van der Waals surface area contributed by atoms with E-state index in [4.69, 9.17) is 0 Å². The number of nitrogens with one attached hydrogen (secondary N) is 2. The molecular formula is C16H22FN5OS. The van der Waals surface area contributed by atoms with Crippen LogP contribution in [-0.2, 0) is 13.1 Å². The second-order valence-corrected chi connectivity index (χ2v) is 6.97. The number of hydrogen-bond acceptors (Lipinski definition) is 4. The number of amides is 2. The summed E-state index contributed by atoms with van der Waals surface area (Å²) in [7, 11) is 0. The Hall–Kier alpha value is -1.93. The second kappa shape index (κ2) is 8.25. The van der Waals surface area contributed by atoms with Crippen LogP contribution in [0.2, 0.25) is 0 Å². The van der Waals surface area contributed by atoms with Crippen LogP contribution in [0.4, 0.5) is 9.18 Å². The Kier molecular flexibility index (Phi) is 5.81. The SMILES string of the molecule is O=C(NCCn1ccnc1)NC[C@@H]1C[C@H](F)CN1Cc1cccs1. The molecule has 1 saturated heterocycles. The number of carbonyl (C=O) groups is 1. The largest absolute Gasteiger partial charge is 0.337 e. The molecule has 2 aromatic heterocycles. The third-order valence-electron chi connectivity index (χ3n) is 4.13. The van der Waals surface area contributed by atoms with Gasteiger partial charge in [0.05, 0.1) is 6.33 Å². The van der Waals surface area contributed by atoms with Crippen molar-refractivity contribution >= 4 is 17.4 Å². The molecule has 2 amide bonds. The minimum absolute atomic E-state index is 0.0431. The first-order valence-electron chi connectivity index (χ1n) is 8.08. The zero-order chi connectivity index (χ0) is 16.8. The average Bonchev–Trinajstić information content (AvgIpc) is 3.29. The number of rotatable bonds is 7. The van der Waals surface area contributed by atoms with Crippen LogP contribution in [0.3, 0.4) is 0 Å². The van der Waals surface area contributed by atoms with E-state index in [-0.39, 0.29) is 12.1 Å². The first-order valence-corrected chi connectivity index (χ1v) is 8.96. The maximum atomic E-state index is 13.8. The van der Waals surface area contributed by atoms with Gasteiger partial charge in [-0.2, -0.15) is 0 Å². The fraction of sp³-hybridized carbons (Fsp3) is 0.500. The molecule has 24 heavy (non-hydrogen) atoms. The summed E-state index contributed by atoms with van der Waals surface area (Å²) in [5.74, 6) is 0. The van der Waals surface area contributed by atoms with E-state index in [2.05, 4.69) is 26.6 Å². The number of alkyl halides is 1. The number of imidazole rings is 1. The number of likely N-dealkylation sites (tertiary alicyclic amines) is 1. The maximum absolute atomic E-state index is 13.8. The lowest BCUT2D eigenvalue weighted by atomic mass is 10.2. The fourth-order valence-corrected chi connectivity index (χ4v) is 3.65. The molecule has 1 aliphatic rings. The van der Waals surface area contributed by atoms with Gasteiger partial charge in [0.1, 0.15) is 6.17 Å². The van der Waals surface area contributed by atoms with Gasteiger partial charge in [0.2, 0.25) is 0 Å². The maximum Gasteiger partial charge on any atom is 0.314 e. The molecule has 0 spiro atoms.